The molecule has 0 radical (unpaired) electrons. The number of benzene rings is 12. The quantitative estimate of drug-likeness (QED) is 0.0404. The van der Waals surface area contributed by atoms with Gasteiger partial charge in [0, 0.05) is 34.1 Å². The third-order valence-electron chi connectivity index (χ3n) is 21.1. The van der Waals surface area contributed by atoms with Crippen LogP contribution < -0.4 is 28.7 Å². The minimum absolute atomic E-state index is 0.432. The van der Waals surface area contributed by atoms with Gasteiger partial charge in [0.05, 0.1) is 24.0 Å². The predicted molar refractivity (Wildman–Crippen MR) is 425 cm³/mol. The lowest BCUT2D eigenvalue weighted by Crippen LogP contribution is -2.29. The van der Waals surface area contributed by atoms with Crippen molar-refractivity contribution in [1.82, 2.24) is 0 Å². The standard InChI is InChI=1S/C96H92N2O4/c1-7-13-25-69(11-5)67-101-85-57-43-75(44-58-85)95(73-39-53-83(54-40-73)99-63-9-3)91-33-23-21-31-87(91)89-61-51-81(65-93(89)95)97(77-27-17-15-18-28-77)79-47-35-71(36-48-79)72-37-49-80(50-38-72)98(78-29-19-16-20-30-78)82-52-62-90-88-32-22-24-34-92(88)96(94(90)66-82,74-41-55-84(56-42-74)100-64-10-4)76-45-59-86(60-46-76)102-68-70(12-6)26-14-8-2/h9-10,15-24,27-62,65-66,69-70H,3-4,7-8,11-14,25-26,63-64,67-68H2,1-2,5-6H3. The van der Waals surface area contributed by atoms with Crippen molar-refractivity contribution >= 4 is 34.1 Å². The van der Waals surface area contributed by atoms with Gasteiger partial charge < -0.3 is 28.7 Å². The summed E-state index contributed by atoms with van der Waals surface area (Å²) in [6, 6.07) is 107. The molecule has 6 nitrogen and oxygen atoms in total. The molecule has 0 aliphatic heterocycles. The summed E-state index contributed by atoms with van der Waals surface area (Å²) in [6.45, 7) is 19.2. The lowest BCUT2D eigenvalue weighted by atomic mass is 9.67. The summed E-state index contributed by atoms with van der Waals surface area (Å²) in [5.74, 6) is 4.44. The number of fused-ring (bicyclic) bond motifs is 6. The maximum Gasteiger partial charge on any atom is 0.119 e. The summed E-state index contributed by atoms with van der Waals surface area (Å²) in [6.07, 6.45) is 13.0. The minimum Gasteiger partial charge on any atom is -0.493 e. The van der Waals surface area contributed by atoms with E-state index in [1.54, 1.807) is 12.2 Å². The fraction of sp³-hybridized carbons (Fsp3) is 0.208. The Balaban J connectivity index is 0.819. The Labute approximate surface area is 604 Å². The summed E-state index contributed by atoms with van der Waals surface area (Å²) in [5.41, 5.74) is 21.6. The maximum absolute atomic E-state index is 6.58. The fourth-order valence-corrected chi connectivity index (χ4v) is 15.8. The first-order valence-electron chi connectivity index (χ1n) is 36.9. The van der Waals surface area contributed by atoms with Crippen molar-refractivity contribution in [2.24, 2.45) is 11.8 Å². The zero-order valence-corrected chi connectivity index (χ0v) is 59.4. The molecule has 0 aromatic heterocycles. The van der Waals surface area contributed by atoms with Gasteiger partial charge in [-0.2, -0.15) is 0 Å². The Kier molecular flexibility index (Phi) is 20.8. The van der Waals surface area contributed by atoms with Crippen molar-refractivity contribution in [3.05, 3.63) is 361 Å². The molecule has 2 aliphatic carbocycles. The molecule has 14 rings (SSSR count). The van der Waals surface area contributed by atoms with Crippen LogP contribution in [0.5, 0.6) is 23.0 Å². The molecular formula is C96H92N2O4. The number of ether oxygens (including phenoxy) is 4. The number of para-hydroxylation sites is 2. The van der Waals surface area contributed by atoms with Gasteiger partial charge in [0.1, 0.15) is 36.2 Å². The van der Waals surface area contributed by atoms with E-state index in [4.69, 9.17) is 18.9 Å². The molecule has 0 fully saturated rings. The Bertz CT molecular complexity index is 4470. The van der Waals surface area contributed by atoms with Crippen molar-refractivity contribution in [2.45, 2.75) is 89.9 Å². The van der Waals surface area contributed by atoms with Crippen LogP contribution in [0.15, 0.2) is 316 Å². The van der Waals surface area contributed by atoms with E-state index >= 15 is 0 Å². The van der Waals surface area contributed by atoms with Gasteiger partial charge in [-0.05, 0) is 224 Å². The molecule has 0 bridgehead atoms. The van der Waals surface area contributed by atoms with Gasteiger partial charge in [-0.3, -0.25) is 0 Å². The zero-order chi connectivity index (χ0) is 69.8. The summed E-state index contributed by atoms with van der Waals surface area (Å²) < 4.78 is 25.4. The molecular weight excluding hydrogens is 1250 g/mol. The number of hydrogen-bond donors (Lipinski definition) is 0. The van der Waals surface area contributed by atoms with Gasteiger partial charge in [0.2, 0.25) is 0 Å². The molecule has 4 atom stereocenters. The second-order valence-electron chi connectivity index (χ2n) is 27.2. The number of hydrogen-bond acceptors (Lipinski definition) is 6. The molecule has 0 saturated heterocycles. The Hall–Kier alpha value is -11.1. The van der Waals surface area contributed by atoms with Crippen LogP contribution in [0.1, 0.15) is 124 Å². The molecule has 6 heteroatoms. The first-order chi connectivity index (χ1) is 50.3. The molecule has 12 aromatic carbocycles. The predicted octanol–water partition coefficient (Wildman–Crippen LogP) is 25.3. The first-order valence-corrected chi connectivity index (χ1v) is 36.9. The molecule has 0 spiro atoms. The number of anilines is 6. The van der Waals surface area contributed by atoms with Crippen molar-refractivity contribution in [3.63, 3.8) is 0 Å². The van der Waals surface area contributed by atoms with Gasteiger partial charge in [-0.15, -0.1) is 0 Å². The van der Waals surface area contributed by atoms with Crippen LogP contribution in [0.3, 0.4) is 0 Å². The van der Waals surface area contributed by atoms with E-state index in [-0.39, 0.29) is 0 Å². The normalized spacial score (nSPS) is 15.2. The van der Waals surface area contributed by atoms with Crippen LogP contribution >= 0.6 is 0 Å². The molecule has 0 saturated carbocycles. The molecule has 0 N–H and O–H groups in total. The minimum atomic E-state index is -0.682. The van der Waals surface area contributed by atoms with Gasteiger partial charge in [-0.1, -0.05) is 261 Å². The van der Waals surface area contributed by atoms with Crippen LogP contribution in [-0.2, 0) is 10.8 Å². The van der Waals surface area contributed by atoms with Crippen molar-refractivity contribution < 1.29 is 18.9 Å². The zero-order valence-electron chi connectivity index (χ0n) is 59.4. The van der Waals surface area contributed by atoms with E-state index in [2.05, 4.69) is 342 Å². The highest BCUT2D eigenvalue weighted by atomic mass is 16.5. The monoisotopic (exact) mass is 1340 g/mol. The highest BCUT2D eigenvalue weighted by Crippen LogP contribution is 2.60. The average molecular weight is 1340 g/mol. The van der Waals surface area contributed by atoms with Crippen LogP contribution in [0.4, 0.5) is 34.1 Å². The van der Waals surface area contributed by atoms with E-state index in [0.717, 1.165) is 92.2 Å². The third kappa shape index (κ3) is 13.3. The number of unbranched alkanes of at least 4 members (excludes halogenated alkanes) is 2. The van der Waals surface area contributed by atoms with Gasteiger partial charge in [0.25, 0.3) is 0 Å². The van der Waals surface area contributed by atoms with Crippen LogP contribution in [0, 0.1) is 11.8 Å². The summed E-state index contributed by atoms with van der Waals surface area (Å²) in [4.78, 5) is 4.78. The highest BCUT2D eigenvalue weighted by molar-refractivity contribution is 5.92. The van der Waals surface area contributed by atoms with E-state index in [0.29, 0.717) is 38.3 Å². The van der Waals surface area contributed by atoms with Crippen LogP contribution in [-0.4, -0.2) is 26.4 Å². The summed E-state index contributed by atoms with van der Waals surface area (Å²) in [5, 5.41) is 0. The van der Waals surface area contributed by atoms with Gasteiger partial charge in [0.15, 0.2) is 0 Å². The highest BCUT2D eigenvalue weighted by Gasteiger charge is 2.48. The Morgan fingerprint density at radius 1 is 0.314 bits per heavy atom. The first kappa shape index (κ1) is 68.1. The molecule has 2 aliphatic rings. The Morgan fingerprint density at radius 2 is 0.618 bits per heavy atom. The average Bonchev–Trinajstić information content (AvgIpc) is 1.58. The lowest BCUT2D eigenvalue weighted by Gasteiger charge is -2.35. The van der Waals surface area contributed by atoms with Gasteiger partial charge >= 0.3 is 0 Å². The SMILES string of the molecule is C=CCOc1ccc(C2(c3ccc(OCC(CC)CCCC)cc3)c3ccccc3-c3ccc(N(c4ccccc4)c4ccc(-c5ccc(N(c6ccccc6)c6ccc7c(c6)C(c6ccc(OCC=C)cc6)(c6ccc(OCC(CC)CCCC)cc6)c6ccccc6-7)cc5)cc4)cc32)cc1. The van der Waals surface area contributed by atoms with E-state index < -0.39 is 10.8 Å². The third-order valence-corrected chi connectivity index (χ3v) is 21.1. The Morgan fingerprint density at radius 3 is 0.951 bits per heavy atom. The van der Waals surface area contributed by atoms with E-state index in [1.807, 2.05) is 0 Å². The molecule has 510 valence electrons. The molecule has 102 heavy (non-hydrogen) atoms. The molecule has 0 heterocycles. The van der Waals surface area contributed by atoms with E-state index in [9.17, 15) is 0 Å². The second-order valence-corrected chi connectivity index (χ2v) is 27.2. The van der Waals surface area contributed by atoms with Crippen molar-refractivity contribution in [2.75, 3.05) is 36.2 Å². The second kappa shape index (κ2) is 31.2. The van der Waals surface area contributed by atoms with Crippen LogP contribution in [0.25, 0.3) is 33.4 Å². The maximum atomic E-state index is 6.58. The molecule has 0 amide bonds. The summed E-state index contributed by atoms with van der Waals surface area (Å²) in [7, 11) is 0. The smallest absolute Gasteiger partial charge is 0.119 e. The van der Waals surface area contributed by atoms with Crippen molar-refractivity contribution in [1.29, 1.82) is 0 Å². The molecule has 4 unspecified atom stereocenters. The van der Waals surface area contributed by atoms with Crippen molar-refractivity contribution in [3.8, 4) is 56.4 Å². The van der Waals surface area contributed by atoms with Gasteiger partial charge in [-0.25, -0.2) is 0 Å². The molecule has 12 aromatic rings. The fourth-order valence-electron chi connectivity index (χ4n) is 15.8. The summed E-state index contributed by atoms with van der Waals surface area (Å²) >= 11 is 0. The number of nitrogens with zero attached hydrogens (tertiary/aromatic N) is 2. The lowest BCUT2D eigenvalue weighted by molar-refractivity contribution is 0.233. The largest absolute Gasteiger partial charge is 0.493 e. The van der Waals surface area contributed by atoms with Crippen LogP contribution in [0.2, 0.25) is 0 Å². The topological polar surface area (TPSA) is 43.4 Å². The van der Waals surface area contributed by atoms with E-state index in [1.165, 1.54) is 94.2 Å². The number of rotatable bonds is 31.